The summed E-state index contributed by atoms with van der Waals surface area (Å²) < 4.78 is 5.46. The minimum atomic E-state index is -0.0898. The van der Waals surface area contributed by atoms with Crippen molar-refractivity contribution in [3.05, 3.63) is 65.9 Å². The lowest BCUT2D eigenvalue weighted by Crippen LogP contribution is -2.37. The summed E-state index contributed by atoms with van der Waals surface area (Å²) in [6, 6.07) is 5.78. The molecule has 0 radical (unpaired) electrons. The van der Waals surface area contributed by atoms with Gasteiger partial charge < -0.3 is 19.9 Å². The van der Waals surface area contributed by atoms with Crippen LogP contribution in [0, 0.1) is 6.92 Å². The molecule has 1 atom stereocenters. The second-order valence-electron chi connectivity index (χ2n) is 7.06. The highest BCUT2D eigenvalue weighted by molar-refractivity contribution is 6.09. The van der Waals surface area contributed by atoms with Gasteiger partial charge in [0.25, 0.3) is 5.91 Å². The number of likely N-dealkylation sites (N-methyl/N-ethyl adjacent to an activating group) is 2. The molecule has 0 saturated heterocycles. The number of methoxy groups -OCH3 is 1. The van der Waals surface area contributed by atoms with Gasteiger partial charge >= 0.3 is 0 Å². The van der Waals surface area contributed by atoms with Crippen molar-refractivity contribution in [3.63, 3.8) is 0 Å². The molecule has 1 amide bonds. The highest BCUT2D eigenvalue weighted by Gasteiger charge is 2.27. The summed E-state index contributed by atoms with van der Waals surface area (Å²) in [7, 11) is 5.33. The van der Waals surface area contributed by atoms with E-state index in [9.17, 15) is 4.79 Å². The van der Waals surface area contributed by atoms with Gasteiger partial charge in [0, 0.05) is 19.7 Å². The molecule has 1 aliphatic heterocycles. The second kappa shape index (κ2) is 7.43. The van der Waals surface area contributed by atoms with E-state index in [4.69, 9.17) is 9.72 Å². The van der Waals surface area contributed by atoms with Crippen molar-refractivity contribution >= 4 is 29.0 Å². The molecule has 0 spiro atoms. The van der Waals surface area contributed by atoms with Crippen LogP contribution >= 0.6 is 0 Å². The van der Waals surface area contributed by atoms with Crippen LogP contribution < -0.4 is 19.9 Å². The van der Waals surface area contributed by atoms with Gasteiger partial charge in [0.1, 0.15) is 11.4 Å². The fourth-order valence-corrected chi connectivity index (χ4v) is 3.41. The van der Waals surface area contributed by atoms with Gasteiger partial charge in [-0.2, -0.15) is 4.98 Å². The molecule has 0 fully saturated rings. The van der Waals surface area contributed by atoms with Gasteiger partial charge in [-0.1, -0.05) is 24.3 Å². The number of amides is 1. The first-order valence-corrected chi connectivity index (χ1v) is 9.34. The Labute approximate surface area is 170 Å². The summed E-state index contributed by atoms with van der Waals surface area (Å²) in [5.74, 6) is 1.72. The quantitative estimate of drug-likeness (QED) is 0.868. The van der Waals surface area contributed by atoms with Crippen LogP contribution in [0.15, 0.2) is 60.3 Å². The van der Waals surface area contributed by atoms with Gasteiger partial charge in [0.15, 0.2) is 5.82 Å². The van der Waals surface area contributed by atoms with E-state index >= 15 is 0 Å². The van der Waals surface area contributed by atoms with Crippen LogP contribution in [0.1, 0.15) is 5.56 Å². The van der Waals surface area contributed by atoms with Crippen molar-refractivity contribution in [1.29, 1.82) is 0 Å². The summed E-state index contributed by atoms with van der Waals surface area (Å²) in [5, 5.41) is 3.23. The van der Waals surface area contributed by atoms with Crippen LogP contribution in [0.4, 0.5) is 23.1 Å². The Kier molecular flexibility index (Phi) is 4.80. The molecule has 1 N–H and O–H groups in total. The Morgan fingerprint density at radius 1 is 1.21 bits per heavy atom. The highest BCUT2D eigenvalue weighted by Crippen LogP contribution is 2.34. The zero-order chi connectivity index (χ0) is 20.5. The number of hydrogen-bond acceptors (Lipinski definition) is 6. The first-order valence-electron chi connectivity index (χ1n) is 9.34. The zero-order valence-corrected chi connectivity index (χ0v) is 16.9. The van der Waals surface area contributed by atoms with Crippen LogP contribution in [0.3, 0.4) is 0 Å². The highest BCUT2D eigenvalue weighted by atomic mass is 16.5. The number of nitrogens with zero attached hydrogens (tertiary/aromatic N) is 4. The molecule has 0 saturated carbocycles. The SMILES string of the molecule is COc1cc(C)ccc1Nc1ncc2c(n1)N(C)C1C=CC=CC(=C1)C(=O)N2C. The number of aromatic nitrogens is 2. The number of benzene rings is 1. The number of carbonyl (C=O) groups excluding carboxylic acids is 1. The van der Waals surface area contributed by atoms with E-state index in [-0.39, 0.29) is 11.9 Å². The number of ether oxygens (including phenoxy) is 1. The monoisotopic (exact) mass is 389 g/mol. The van der Waals surface area contributed by atoms with Crippen LogP contribution in [-0.2, 0) is 4.79 Å². The maximum atomic E-state index is 12.9. The van der Waals surface area contributed by atoms with E-state index in [1.54, 1.807) is 25.3 Å². The lowest BCUT2D eigenvalue weighted by molar-refractivity contribution is -0.114. The Balaban J connectivity index is 1.75. The van der Waals surface area contributed by atoms with Gasteiger partial charge in [-0.3, -0.25) is 4.79 Å². The molecule has 1 aromatic carbocycles. The molecule has 2 heterocycles. The molecule has 2 bridgehead atoms. The molecule has 4 rings (SSSR count). The van der Waals surface area contributed by atoms with E-state index < -0.39 is 0 Å². The molecule has 2 aromatic rings. The van der Waals surface area contributed by atoms with Gasteiger partial charge in [-0.05, 0) is 36.8 Å². The van der Waals surface area contributed by atoms with E-state index in [1.807, 2.05) is 67.5 Å². The van der Waals surface area contributed by atoms with Gasteiger partial charge in [-0.15, -0.1) is 0 Å². The maximum Gasteiger partial charge on any atom is 0.257 e. The van der Waals surface area contributed by atoms with Gasteiger partial charge in [0.05, 0.1) is 25.0 Å². The molecular weight excluding hydrogens is 366 g/mol. The molecule has 1 aromatic heterocycles. The number of nitrogens with one attached hydrogen (secondary N) is 1. The zero-order valence-electron chi connectivity index (χ0n) is 16.9. The number of anilines is 4. The lowest BCUT2D eigenvalue weighted by atomic mass is 10.1. The summed E-state index contributed by atoms with van der Waals surface area (Å²) in [5.41, 5.74) is 3.17. The topological polar surface area (TPSA) is 70.6 Å². The minimum absolute atomic E-state index is 0.0891. The number of fused-ring (bicyclic) bond motifs is 2. The van der Waals surface area contributed by atoms with E-state index in [1.165, 1.54) is 0 Å². The first-order chi connectivity index (χ1) is 14.0. The summed E-state index contributed by atoms with van der Waals surface area (Å²) in [6.07, 6.45) is 11.3. The summed E-state index contributed by atoms with van der Waals surface area (Å²) in [4.78, 5) is 25.7. The van der Waals surface area contributed by atoms with Crippen molar-refractivity contribution in [2.45, 2.75) is 13.0 Å². The van der Waals surface area contributed by atoms with E-state index in [2.05, 4.69) is 10.3 Å². The Morgan fingerprint density at radius 2 is 2.03 bits per heavy atom. The third-order valence-corrected chi connectivity index (χ3v) is 5.09. The Morgan fingerprint density at radius 3 is 2.83 bits per heavy atom. The molecule has 2 aliphatic rings. The average Bonchev–Trinajstić information content (AvgIpc) is 2.99. The molecule has 7 heteroatoms. The van der Waals surface area contributed by atoms with Gasteiger partial charge in [0.2, 0.25) is 5.95 Å². The van der Waals surface area contributed by atoms with Crippen molar-refractivity contribution < 1.29 is 9.53 Å². The molecular formula is C22H23N5O2. The van der Waals surface area contributed by atoms with Crippen LogP contribution in [0.5, 0.6) is 5.75 Å². The molecule has 29 heavy (non-hydrogen) atoms. The fourth-order valence-electron chi connectivity index (χ4n) is 3.41. The van der Waals surface area contributed by atoms with Crippen molar-refractivity contribution in [2.24, 2.45) is 0 Å². The predicted octanol–water partition coefficient (Wildman–Crippen LogP) is 3.37. The van der Waals surface area contributed by atoms with Crippen LogP contribution in [0.2, 0.25) is 0 Å². The van der Waals surface area contributed by atoms with Crippen molar-refractivity contribution in [1.82, 2.24) is 9.97 Å². The average molecular weight is 389 g/mol. The maximum absolute atomic E-state index is 12.9. The number of rotatable bonds is 3. The second-order valence-corrected chi connectivity index (χ2v) is 7.06. The van der Waals surface area contributed by atoms with Crippen LogP contribution in [-0.4, -0.2) is 43.1 Å². The Bertz CT molecular complexity index is 1060. The van der Waals surface area contributed by atoms with Crippen LogP contribution in [0.25, 0.3) is 0 Å². The largest absolute Gasteiger partial charge is 0.495 e. The summed E-state index contributed by atoms with van der Waals surface area (Å²) >= 11 is 0. The normalized spacial score (nSPS) is 17.9. The Hall–Kier alpha value is -3.61. The van der Waals surface area contributed by atoms with Crippen molar-refractivity contribution in [3.8, 4) is 5.75 Å². The number of hydrogen-bond donors (Lipinski definition) is 1. The predicted molar refractivity (Wildman–Crippen MR) is 115 cm³/mol. The number of aryl methyl sites for hydroxylation is 1. The van der Waals surface area contributed by atoms with Crippen molar-refractivity contribution in [2.75, 3.05) is 36.3 Å². The van der Waals surface area contributed by atoms with Gasteiger partial charge in [-0.25, -0.2) is 4.98 Å². The minimum Gasteiger partial charge on any atom is -0.495 e. The molecule has 7 nitrogen and oxygen atoms in total. The first kappa shape index (κ1) is 18.7. The fraction of sp³-hybridized carbons (Fsp3) is 0.227. The lowest BCUT2D eigenvalue weighted by Gasteiger charge is -2.32. The third-order valence-electron chi connectivity index (χ3n) is 5.09. The van der Waals surface area contributed by atoms with E-state index in [0.29, 0.717) is 28.8 Å². The van der Waals surface area contributed by atoms with E-state index in [0.717, 1.165) is 11.3 Å². The molecule has 1 unspecified atom stereocenters. The smallest absolute Gasteiger partial charge is 0.257 e. The third kappa shape index (κ3) is 3.47. The summed E-state index contributed by atoms with van der Waals surface area (Å²) in [6.45, 7) is 2.01. The standard InChI is InChI=1S/C22H23N5O2/c1-14-9-10-17(19(11-14)29-4)24-22-23-13-18-20(25-22)26(2)16-8-6-5-7-15(12-16)21(28)27(18)3/h5-13,16H,1-4H3,(H,23,24,25). The molecule has 148 valence electrons. The molecule has 1 aliphatic carbocycles. The number of allylic oxidation sites excluding steroid dienone is 2. The number of carbonyl (C=O) groups is 1.